The predicted octanol–water partition coefficient (Wildman–Crippen LogP) is 4.07. The summed E-state index contributed by atoms with van der Waals surface area (Å²) in [5.41, 5.74) is 4.08. The Morgan fingerprint density at radius 3 is 2.62 bits per heavy atom. The van der Waals surface area contributed by atoms with E-state index in [1.54, 1.807) is 12.4 Å². The maximum Gasteiger partial charge on any atom is 0.391 e. The maximum absolute atomic E-state index is 13.1. The lowest BCUT2D eigenvalue weighted by molar-refractivity contribution is -0.197. The first kappa shape index (κ1) is 21.0. The molecule has 1 saturated carbocycles. The van der Waals surface area contributed by atoms with Crippen LogP contribution < -0.4 is 4.90 Å². The van der Waals surface area contributed by atoms with E-state index in [0.29, 0.717) is 48.2 Å². The van der Waals surface area contributed by atoms with Crippen LogP contribution in [0.3, 0.4) is 0 Å². The summed E-state index contributed by atoms with van der Waals surface area (Å²) in [7, 11) is 0. The van der Waals surface area contributed by atoms with Crippen LogP contribution in [-0.4, -0.2) is 50.8 Å². The summed E-state index contributed by atoms with van der Waals surface area (Å²) in [6.45, 7) is 5.34. The molecule has 4 heterocycles. The van der Waals surface area contributed by atoms with Gasteiger partial charge < -0.3 is 9.64 Å². The van der Waals surface area contributed by atoms with Crippen molar-refractivity contribution < 1.29 is 17.9 Å². The van der Waals surface area contributed by atoms with E-state index in [2.05, 4.69) is 19.9 Å². The predicted molar refractivity (Wildman–Crippen MR) is 111 cm³/mol. The minimum Gasteiger partial charge on any atom is -0.370 e. The lowest BCUT2D eigenvalue weighted by atomic mass is 9.72. The number of aromatic nitrogens is 5. The van der Waals surface area contributed by atoms with E-state index in [9.17, 15) is 13.2 Å². The number of morpholine rings is 1. The van der Waals surface area contributed by atoms with Gasteiger partial charge in [-0.1, -0.05) is 0 Å². The Balaban J connectivity index is 1.47. The summed E-state index contributed by atoms with van der Waals surface area (Å²) in [6.07, 6.45) is -0.950. The van der Waals surface area contributed by atoms with Crippen molar-refractivity contribution in [3.8, 4) is 0 Å². The number of anilines is 1. The SMILES string of the molecule is Cc1cc([C@@H]2CN(c3nc4nc(C)cnc4c([C@H]4C[C@H](C(F)(F)F)C4)n3)CCO2)ccn1. The number of nitrogens with zero attached hydrogens (tertiary/aromatic N) is 6. The molecule has 0 N–H and O–H groups in total. The number of hydrogen-bond acceptors (Lipinski definition) is 7. The van der Waals surface area contributed by atoms with Gasteiger partial charge in [-0.15, -0.1) is 0 Å². The van der Waals surface area contributed by atoms with Crippen molar-refractivity contribution in [2.75, 3.05) is 24.6 Å². The van der Waals surface area contributed by atoms with E-state index in [-0.39, 0.29) is 24.9 Å². The highest BCUT2D eigenvalue weighted by atomic mass is 19.4. The Bertz CT molecular complexity index is 1150. The van der Waals surface area contributed by atoms with Crippen molar-refractivity contribution in [3.63, 3.8) is 0 Å². The highest BCUT2D eigenvalue weighted by Crippen LogP contribution is 2.50. The van der Waals surface area contributed by atoms with Crippen LogP contribution >= 0.6 is 0 Å². The molecule has 0 bridgehead atoms. The normalized spacial score (nSPS) is 23.9. The molecule has 0 unspecified atom stereocenters. The average Bonchev–Trinajstić information content (AvgIpc) is 2.71. The number of aryl methyl sites for hydroxylation is 2. The van der Waals surface area contributed by atoms with Gasteiger partial charge in [0, 0.05) is 30.6 Å². The van der Waals surface area contributed by atoms with E-state index in [4.69, 9.17) is 9.72 Å². The molecule has 0 aromatic carbocycles. The Hall–Kier alpha value is -2.88. The molecule has 0 spiro atoms. The van der Waals surface area contributed by atoms with Gasteiger partial charge in [0.1, 0.15) is 11.6 Å². The summed E-state index contributed by atoms with van der Waals surface area (Å²) in [4.78, 5) is 24.5. The van der Waals surface area contributed by atoms with Gasteiger partial charge in [0.05, 0.1) is 30.5 Å². The fourth-order valence-corrected chi connectivity index (χ4v) is 4.34. The Morgan fingerprint density at radius 2 is 1.88 bits per heavy atom. The second-order valence-corrected chi connectivity index (χ2v) is 8.54. The molecule has 2 aliphatic rings. The van der Waals surface area contributed by atoms with E-state index in [1.165, 1.54) is 0 Å². The van der Waals surface area contributed by atoms with Gasteiger partial charge in [0.2, 0.25) is 5.95 Å². The molecule has 3 aromatic heterocycles. The van der Waals surface area contributed by atoms with Crippen LogP contribution in [0.4, 0.5) is 19.1 Å². The molecular formula is C22H23F3N6O. The van der Waals surface area contributed by atoms with Crippen molar-refractivity contribution >= 4 is 17.1 Å². The second kappa shape index (κ2) is 7.91. The third kappa shape index (κ3) is 3.99. The summed E-state index contributed by atoms with van der Waals surface area (Å²) in [5.74, 6) is -1.13. The molecule has 32 heavy (non-hydrogen) atoms. The van der Waals surface area contributed by atoms with Gasteiger partial charge in [0.15, 0.2) is 5.65 Å². The maximum atomic E-state index is 13.1. The number of hydrogen-bond donors (Lipinski definition) is 0. The molecule has 168 valence electrons. The first-order chi connectivity index (χ1) is 15.3. The summed E-state index contributed by atoms with van der Waals surface area (Å²) in [6, 6.07) is 3.91. The van der Waals surface area contributed by atoms with Crippen molar-refractivity contribution in [1.29, 1.82) is 0 Å². The highest BCUT2D eigenvalue weighted by molar-refractivity contribution is 5.74. The van der Waals surface area contributed by atoms with E-state index in [1.807, 2.05) is 30.9 Å². The highest BCUT2D eigenvalue weighted by Gasteiger charge is 2.49. The zero-order chi connectivity index (χ0) is 22.5. The van der Waals surface area contributed by atoms with Gasteiger partial charge in [-0.2, -0.15) is 18.2 Å². The van der Waals surface area contributed by atoms with Crippen LogP contribution in [0.25, 0.3) is 11.2 Å². The van der Waals surface area contributed by atoms with E-state index in [0.717, 1.165) is 11.3 Å². The largest absolute Gasteiger partial charge is 0.391 e. The monoisotopic (exact) mass is 444 g/mol. The van der Waals surface area contributed by atoms with Crippen LogP contribution in [-0.2, 0) is 4.74 Å². The number of rotatable bonds is 3. The molecule has 1 aliphatic carbocycles. The number of pyridine rings is 1. The van der Waals surface area contributed by atoms with Crippen LogP contribution in [0.15, 0.2) is 24.5 Å². The molecule has 7 nitrogen and oxygen atoms in total. The van der Waals surface area contributed by atoms with Crippen molar-refractivity contribution in [2.45, 2.75) is 44.9 Å². The Labute approximate surface area is 183 Å². The molecule has 0 amide bonds. The average molecular weight is 444 g/mol. The quantitative estimate of drug-likeness (QED) is 0.603. The molecule has 5 rings (SSSR count). The third-order valence-electron chi connectivity index (χ3n) is 6.17. The lowest BCUT2D eigenvalue weighted by Crippen LogP contribution is -2.40. The summed E-state index contributed by atoms with van der Waals surface area (Å²) >= 11 is 0. The molecule has 0 radical (unpaired) electrons. The molecule has 10 heteroatoms. The second-order valence-electron chi connectivity index (χ2n) is 8.54. The number of halogens is 3. The fourth-order valence-electron chi connectivity index (χ4n) is 4.34. The van der Waals surface area contributed by atoms with Crippen LogP contribution in [0.2, 0.25) is 0 Å². The topological polar surface area (TPSA) is 76.9 Å². The number of fused-ring (bicyclic) bond motifs is 1. The van der Waals surface area contributed by atoms with Gasteiger partial charge in [0.25, 0.3) is 0 Å². The molecule has 1 saturated heterocycles. The van der Waals surface area contributed by atoms with Crippen LogP contribution in [0, 0.1) is 19.8 Å². The van der Waals surface area contributed by atoms with Gasteiger partial charge >= 0.3 is 6.18 Å². The number of alkyl halides is 3. The zero-order valence-corrected chi connectivity index (χ0v) is 17.8. The summed E-state index contributed by atoms with van der Waals surface area (Å²) in [5, 5.41) is 0. The first-order valence-corrected chi connectivity index (χ1v) is 10.6. The zero-order valence-electron chi connectivity index (χ0n) is 17.8. The first-order valence-electron chi connectivity index (χ1n) is 10.6. The standard InChI is InChI=1S/C22H23F3N6O/c1-12-7-14(3-4-26-12)17-11-31(5-6-32-17)21-29-18(15-8-16(9-15)22(23,24)25)19-20(30-21)28-13(2)10-27-19/h3-4,7,10,15-17H,5-6,8-9,11H2,1-2H3/t15-,16-,17-/m0/s1. The van der Waals surface area contributed by atoms with Crippen molar-refractivity contribution in [1.82, 2.24) is 24.9 Å². The van der Waals surface area contributed by atoms with Gasteiger partial charge in [-0.25, -0.2) is 15.0 Å². The van der Waals surface area contributed by atoms with Gasteiger partial charge in [-0.05, 0) is 44.4 Å². The lowest BCUT2D eigenvalue weighted by Gasteiger charge is -2.37. The molecule has 3 aromatic rings. The van der Waals surface area contributed by atoms with Crippen LogP contribution in [0.1, 0.15) is 47.5 Å². The molecular weight excluding hydrogens is 421 g/mol. The minimum atomic E-state index is -4.18. The molecule has 2 fully saturated rings. The minimum absolute atomic E-state index is 0.0205. The van der Waals surface area contributed by atoms with Crippen molar-refractivity contribution in [2.24, 2.45) is 5.92 Å². The molecule has 1 aliphatic heterocycles. The van der Waals surface area contributed by atoms with E-state index >= 15 is 0 Å². The molecule has 1 atom stereocenters. The third-order valence-corrected chi connectivity index (χ3v) is 6.17. The Kier molecular flexibility index (Phi) is 5.19. The fraction of sp³-hybridized carbons (Fsp3) is 0.500. The smallest absolute Gasteiger partial charge is 0.370 e. The Morgan fingerprint density at radius 1 is 1.06 bits per heavy atom. The number of ether oxygens (including phenoxy) is 1. The van der Waals surface area contributed by atoms with E-state index < -0.39 is 12.1 Å². The van der Waals surface area contributed by atoms with Gasteiger partial charge in [-0.3, -0.25) is 4.98 Å². The van der Waals surface area contributed by atoms with Crippen molar-refractivity contribution in [3.05, 3.63) is 47.2 Å². The summed E-state index contributed by atoms with van der Waals surface area (Å²) < 4.78 is 45.2. The van der Waals surface area contributed by atoms with Crippen LogP contribution in [0.5, 0.6) is 0 Å².